The fourth-order valence-electron chi connectivity index (χ4n) is 2.16. The standard InChI is InChI=1S/C18H18ClF3N2O2/c1-23-7-8-24-17(25)13-4-2-3-12(9-13)11-26-16-6-5-14(10-15(16)19)18(20,21)22/h2-6,9-10,23H,7-8,11H2,1H3,(H,24,25). The van der Waals surface area contributed by atoms with Crippen LogP contribution in [0.2, 0.25) is 5.02 Å². The predicted octanol–water partition coefficient (Wildman–Crippen LogP) is 3.89. The van der Waals surface area contributed by atoms with Gasteiger partial charge >= 0.3 is 6.18 Å². The highest BCUT2D eigenvalue weighted by molar-refractivity contribution is 6.32. The third-order valence-electron chi connectivity index (χ3n) is 3.50. The zero-order valence-electron chi connectivity index (χ0n) is 14.0. The number of amides is 1. The fourth-order valence-corrected chi connectivity index (χ4v) is 2.40. The molecule has 0 bridgehead atoms. The Balaban J connectivity index is 2.01. The maximum atomic E-state index is 12.6. The van der Waals surface area contributed by atoms with Gasteiger partial charge in [0.05, 0.1) is 10.6 Å². The van der Waals surface area contributed by atoms with Crippen molar-refractivity contribution in [1.82, 2.24) is 10.6 Å². The number of hydrogen-bond acceptors (Lipinski definition) is 3. The third kappa shape index (κ3) is 5.64. The molecule has 0 aromatic heterocycles. The largest absolute Gasteiger partial charge is 0.487 e. The molecule has 26 heavy (non-hydrogen) atoms. The molecule has 0 heterocycles. The Labute approximate surface area is 154 Å². The minimum absolute atomic E-state index is 0.0721. The predicted molar refractivity (Wildman–Crippen MR) is 93.5 cm³/mol. The normalized spacial score (nSPS) is 11.3. The molecule has 0 atom stereocenters. The highest BCUT2D eigenvalue weighted by Crippen LogP contribution is 2.34. The van der Waals surface area contributed by atoms with Gasteiger partial charge in [-0.15, -0.1) is 0 Å². The number of benzene rings is 2. The Morgan fingerprint density at radius 3 is 2.58 bits per heavy atom. The molecule has 2 rings (SSSR count). The topological polar surface area (TPSA) is 50.4 Å². The molecule has 0 saturated carbocycles. The average Bonchev–Trinajstić information content (AvgIpc) is 2.60. The van der Waals surface area contributed by atoms with Crippen molar-refractivity contribution in [2.75, 3.05) is 20.1 Å². The highest BCUT2D eigenvalue weighted by Gasteiger charge is 2.31. The lowest BCUT2D eigenvalue weighted by Gasteiger charge is -2.12. The molecule has 0 saturated heterocycles. The van der Waals surface area contributed by atoms with Crippen LogP contribution >= 0.6 is 11.6 Å². The number of likely N-dealkylation sites (N-methyl/N-ethyl adjacent to an activating group) is 1. The quantitative estimate of drug-likeness (QED) is 0.710. The number of nitrogens with one attached hydrogen (secondary N) is 2. The van der Waals surface area contributed by atoms with E-state index in [4.69, 9.17) is 16.3 Å². The first-order chi connectivity index (χ1) is 12.3. The molecule has 1 amide bonds. The van der Waals surface area contributed by atoms with Gasteiger partial charge in [-0.05, 0) is 42.9 Å². The summed E-state index contributed by atoms with van der Waals surface area (Å²) in [6.45, 7) is 1.22. The van der Waals surface area contributed by atoms with Gasteiger partial charge in [-0.25, -0.2) is 0 Å². The van der Waals surface area contributed by atoms with Crippen LogP contribution in [-0.2, 0) is 12.8 Å². The first-order valence-corrected chi connectivity index (χ1v) is 8.20. The highest BCUT2D eigenvalue weighted by atomic mass is 35.5. The van der Waals surface area contributed by atoms with Crippen molar-refractivity contribution < 1.29 is 22.7 Å². The molecule has 0 aliphatic heterocycles. The van der Waals surface area contributed by atoms with Gasteiger partial charge in [0.15, 0.2) is 0 Å². The summed E-state index contributed by atoms with van der Waals surface area (Å²) >= 11 is 5.86. The van der Waals surface area contributed by atoms with Crippen LogP contribution in [0.1, 0.15) is 21.5 Å². The SMILES string of the molecule is CNCCNC(=O)c1cccc(COc2ccc(C(F)(F)F)cc2Cl)c1. The fraction of sp³-hybridized carbons (Fsp3) is 0.278. The molecule has 0 fully saturated rings. The number of halogens is 4. The number of hydrogen-bond donors (Lipinski definition) is 2. The van der Waals surface area contributed by atoms with E-state index in [0.717, 1.165) is 12.1 Å². The summed E-state index contributed by atoms with van der Waals surface area (Å²) in [5.41, 5.74) is 0.332. The number of rotatable bonds is 7. The first-order valence-electron chi connectivity index (χ1n) is 7.82. The number of ether oxygens (including phenoxy) is 1. The van der Waals surface area contributed by atoms with Crippen molar-refractivity contribution >= 4 is 17.5 Å². The molecular weight excluding hydrogens is 369 g/mol. The van der Waals surface area contributed by atoms with Gasteiger partial charge in [-0.1, -0.05) is 23.7 Å². The molecule has 2 aromatic rings. The van der Waals surface area contributed by atoms with Gasteiger partial charge in [0.2, 0.25) is 0 Å². The van der Waals surface area contributed by atoms with E-state index < -0.39 is 11.7 Å². The van der Waals surface area contributed by atoms with E-state index in [0.29, 0.717) is 24.2 Å². The number of carbonyl (C=O) groups excluding carboxylic acids is 1. The Bertz CT molecular complexity index is 766. The molecule has 0 unspecified atom stereocenters. The Morgan fingerprint density at radius 1 is 1.15 bits per heavy atom. The molecule has 140 valence electrons. The van der Waals surface area contributed by atoms with Crippen molar-refractivity contribution in [2.24, 2.45) is 0 Å². The summed E-state index contributed by atoms with van der Waals surface area (Å²) in [7, 11) is 1.79. The van der Waals surface area contributed by atoms with Crippen molar-refractivity contribution in [3.63, 3.8) is 0 Å². The molecule has 0 spiro atoms. The van der Waals surface area contributed by atoms with Crippen molar-refractivity contribution in [1.29, 1.82) is 0 Å². The molecule has 0 aliphatic rings. The van der Waals surface area contributed by atoms with Crippen molar-refractivity contribution in [3.8, 4) is 5.75 Å². The minimum Gasteiger partial charge on any atom is -0.487 e. The Hall–Kier alpha value is -2.25. The van der Waals surface area contributed by atoms with E-state index in [1.54, 1.807) is 31.3 Å². The number of carbonyl (C=O) groups is 1. The summed E-state index contributed by atoms with van der Waals surface area (Å²) in [6, 6.07) is 9.70. The molecule has 0 aliphatic carbocycles. The molecule has 0 radical (unpaired) electrons. The summed E-state index contributed by atoms with van der Waals surface area (Å²) in [4.78, 5) is 12.0. The van der Waals surface area contributed by atoms with Gasteiger partial charge in [0.1, 0.15) is 12.4 Å². The molecule has 4 nitrogen and oxygen atoms in total. The van der Waals surface area contributed by atoms with E-state index in [9.17, 15) is 18.0 Å². The lowest BCUT2D eigenvalue weighted by Crippen LogP contribution is -2.30. The summed E-state index contributed by atoms with van der Waals surface area (Å²) in [5, 5.41) is 5.56. The van der Waals surface area contributed by atoms with E-state index >= 15 is 0 Å². The van der Waals surface area contributed by atoms with Crippen LogP contribution in [-0.4, -0.2) is 26.0 Å². The molecule has 8 heteroatoms. The van der Waals surface area contributed by atoms with Gasteiger partial charge in [0, 0.05) is 18.7 Å². The van der Waals surface area contributed by atoms with Gasteiger partial charge in [-0.2, -0.15) is 13.2 Å². The van der Waals surface area contributed by atoms with Crippen molar-refractivity contribution in [3.05, 3.63) is 64.2 Å². The second kappa shape index (κ2) is 8.91. The second-order valence-electron chi connectivity index (χ2n) is 5.49. The van der Waals surface area contributed by atoms with Crippen LogP contribution in [0.25, 0.3) is 0 Å². The van der Waals surface area contributed by atoms with E-state index in [-0.39, 0.29) is 23.3 Å². The van der Waals surface area contributed by atoms with Crippen LogP contribution in [0.4, 0.5) is 13.2 Å². The molecule has 2 aromatic carbocycles. The van der Waals surface area contributed by atoms with Gasteiger partial charge < -0.3 is 15.4 Å². The van der Waals surface area contributed by atoms with Gasteiger partial charge in [-0.3, -0.25) is 4.79 Å². The number of alkyl halides is 3. The Morgan fingerprint density at radius 2 is 1.92 bits per heavy atom. The Kier molecular flexibility index (Phi) is 6.88. The lowest BCUT2D eigenvalue weighted by atomic mass is 10.1. The summed E-state index contributed by atoms with van der Waals surface area (Å²) in [5.74, 6) is -0.0711. The lowest BCUT2D eigenvalue weighted by molar-refractivity contribution is -0.137. The van der Waals surface area contributed by atoms with Crippen LogP contribution in [0.5, 0.6) is 5.75 Å². The second-order valence-corrected chi connectivity index (χ2v) is 5.90. The maximum absolute atomic E-state index is 12.6. The average molecular weight is 387 g/mol. The van der Waals surface area contributed by atoms with Crippen LogP contribution < -0.4 is 15.4 Å². The monoisotopic (exact) mass is 386 g/mol. The van der Waals surface area contributed by atoms with Crippen molar-refractivity contribution in [2.45, 2.75) is 12.8 Å². The van der Waals surface area contributed by atoms with E-state index in [2.05, 4.69) is 10.6 Å². The smallest absolute Gasteiger partial charge is 0.416 e. The van der Waals surface area contributed by atoms with E-state index in [1.165, 1.54) is 6.07 Å². The summed E-state index contributed by atoms with van der Waals surface area (Å²) in [6.07, 6.45) is -4.46. The molecular formula is C18H18ClF3N2O2. The summed E-state index contributed by atoms with van der Waals surface area (Å²) < 4.78 is 43.4. The minimum atomic E-state index is -4.46. The maximum Gasteiger partial charge on any atom is 0.416 e. The van der Waals surface area contributed by atoms with Crippen LogP contribution in [0.3, 0.4) is 0 Å². The van der Waals surface area contributed by atoms with E-state index in [1.807, 2.05) is 0 Å². The zero-order valence-corrected chi connectivity index (χ0v) is 14.7. The first kappa shape index (κ1) is 20.1. The zero-order chi connectivity index (χ0) is 19.2. The van der Waals surface area contributed by atoms with Gasteiger partial charge in [0.25, 0.3) is 5.91 Å². The van der Waals surface area contributed by atoms with Crippen LogP contribution in [0.15, 0.2) is 42.5 Å². The van der Waals surface area contributed by atoms with Crippen LogP contribution in [0, 0.1) is 0 Å². The molecule has 2 N–H and O–H groups in total. The third-order valence-corrected chi connectivity index (χ3v) is 3.80.